The van der Waals surface area contributed by atoms with Crippen LogP contribution in [0.25, 0.3) is 11.1 Å². The smallest absolute Gasteiger partial charge is 0.416 e. The summed E-state index contributed by atoms with van der Waals surface area (Å²) in [5.74, 6) is 0.336. The van der Waals surface area contributed by atoms with Gasteiger partial charge in [-0.15, -0.1) is 10.2 Å². The number of nitrogens with one attached hydrogen (secondary N) is 1. The van der Waals surface area contributed by atoms with Gasteiger partial charge in [0.2, 0.25) is 5.82 Å². The number of aryl methyl sites for hydroxylation is 1. The van der Waals surface area contributed by atoms with Crippen molar-refractivity contribution in [3.05, 3.63) is 53.3 Å². The zero-order valence-electron chi connectivity index (χ0n) is 15.5. The fourth-order valence-corrected chi connectivity index (χ4v) is 3.69. The van der Waals surface area contributed by atoms with Crippen LogP contribution in [0.4, 0.5) is 13.2 Å². The minimum atomic E-state index is -4.54. The Morgan fingerprint density at radius 3 is 2.45 bits per heavy atom. The first-order valence-corrected chi connectivity index (χ1v) is 10.2. The van der Waals surface area contributed by atoms with E-state index in [1.807, 2.05) is 0 Å². The van der Waals surface area contributed by atoms with Gasteiger partial charge >= 0.3 is 6.18 Å². The van der Waals surface area contributed by atoms with E-state index in [0.29, 0.717) is 11.1 Å². The number of aromatic amines is 1. The Kier molecular flexibility index (Phi) is 5.60. The molecule has 0 bridgehead atoms. The number of aromatic nitrogens is 4. The third kappa shape index (κ3) is 4.56. The largest absolute Gasteiger partial charge is 0.485 e. The molecule has 11 heteroatoms. The van der Waals surface area contributed by atoms with Crippen LogP contribution in [0.3, 0.4) is 0 Å². The highest BCUT2D eigenvalue weighted by Gasteiger charge is 2.31. The molecule has 3 rings (SSSR count). The Bertz CT molecular complexity index is 1110. The van der Waals surface area contributed by atoms with Crippen molar-refractivity contribution in [3.8, 4) is 16.9 Å². The highest BCUT2D eigenvalue weighted by molar-refractivity contribution is 7.91. The fraction of sp³-hybridized carbons (Fsp3) is 0.278. The van der Waals surface area contributed by atoms with Crippen molar-refractivity contribution >= 4 is 9.84 Å². The molecular formula is C18H17F3N4O3S. The van der Waals surface area contributed by atoms with Gasteiger partial charge in [0.25, 0.3) is 0 Å². The van der Waals surface area contributed by atoms with E-state index in [4.69, 9.17) is 4.74 Å². The lowest BCUT2D eigenvalue weighted by Gasteiger charge is -2.16. The van der Waals surface area contributed by atoms with Crippen LogP contribution in [-0.2, 0) is 22.6 Å². The highest BCUT2D eigenvalue weighted by Crippen LogP contribution is 2.39. The zero-order chi connectivity index (χ0) is 21.2. The molecule has 0 aliphatic rings. The number of ether oxygens (including phenoxy) is 1. The molecule has 0 unspecified atom stereocenters. The molecule has 1 aromatic heterocycles. The summed E-state index contributed by atoms with van der Waals surface area (Å²) in [6.45, 7) is 3.05. The van der Waals surface area contributed by atoms with E-state index in [2.05, 4.69) is 20.6 Å². The van der Waals surface area contributed by atoms with Gasteiger partial charge in [0.05, 0.1) is 16.2 Å². The molecule has 0 aliphatic carbocycles. The van der Waals surface area contributed by atoms with Gasteiger partial charge in [0, 0.05) is 5.56 Å². The van der Waals surface area contributed by atoms with E-state index in [0.717, 1.165) is 12.1 Å². The summed E-state index contributed by atoms with van der Waals surface area (Å²) in [6, 6.07) is 7.41. The third-order valence-corrected chi connectivity index (χ3v) is 6.01. The molecule has 0 atom stereocenters. The maximum Gasteiger partial charge on any atom is 0.416 e. The van der Waals surface area contributed by atoms with Crippen molar-refractivity contribution in [1.29, 1.82) is 0 Å². The number of halogens is 3. The maximum absolute atomic E-state index is 13.2. The van der Waals surface area contributed by atoms with Crippen molar-refractivity contribution in [2.24, 2.45) is 0 Å². The first kappa shape index (κ1) is 20.8. The summed E-state index contributed by atoms with van der Waals surface area (Å²) in [6.07, 6.45) is -4.54. The second-order valence-electron chi connectivity index (χ2n) is 6.21. The summed E-state index contributed by atoms with van der Waals surface area (Å²) >= 11 is 0. The van der Waals surface area contributed by atoms with Gasteiger partial charge in [-0.05, 0) is 48.4 Å². The number of alkyl halides is 3. The van der Waals surface area contributed by atoms with Crippen molar-refractivity contribution < 1.29 is 26.3 Å². The molecule has 0 aliphatic heterocycles. The van der Waals surface area contributed by atoms with Crippen LogP contribution in [0.2, 0.25) is 0 Å². The molecular weight excluding hydrogens is 409 g/mol. The van der Waals surface area contributed by atoms with E-state index in [-0.39, 0.29) is 34.4 Å². The Labute approximate surface area is 164 Å². The van der Waals surface area contributed by atoms with Crippen LogP contribution in [0, 0.1) is 6.92 Å². The number of H-pyrrole nitrogens is 1. The lowest BCUT2D eigenvalue weighted by Crippen LogP contribution is -2.07. The van der Waals surface area contributed by atoms with Crippen molar-refractivity contribution in [2.45, 2.75) is 31.5 Å². The molecule has 1 N–H and O–H groups in total. The summed E-state index contributed by atoms with van der Waals surface area (Å²) in [5, 5.41) is 13.1. The zero-order valence-corrected chi connectivity index (χ0v) is 16.3. The normalized spacial score (nSPS) is 12.2. The van der Waals surface area contributed by atoms with Crippen LogP contribution in [-0.4, -0.2) is 34.8 Å². The molecule has 29 heavy (non-hydrogen) atoms. The summed E-state index contributed by atoms with van der Waals surface area (Å²) in [4.78, 5) is 0.113. The quantitative estimate of drug-likeness (QED) is 0.647. The predicted molar refractivity (Wildman–Crippen MR) is 97.9 cm³/mol. The maximum atomic E-state index is 13.2. The molecule has 0 fully saturated rings. The number of rotatable bonds is 6. The van der Waals surface area contributed by atoms with E-state index >= 15 is 0 Å². The first-order valence-electron chi connectivity index (χ1n) is 8.52. The van der Waals surface area contributed by atoms with Gasteiger partial charge in [-0.3, -0.25) is 0 Å². The first-order chi connectivity index (χ1) is 13.6. The number of tetrazole rings is 1. The van der Waals surface area contributed by atoms with E-state index in [1.54, 1.807) is 6.92 Å². The second kappa shape index (κ2) is 7.82. The number of hydrogen-bond acceptors (Lipinski definition) is 6. The lowest BCUT2D eigenvalue weighted by molar-refractivity contribution is -0.137. The Balaban J connectivity index is 2.07. The van der Waals surface area contributed by atoms with Crippen molar-refractivity contribution in [1.82, 2.24) is 20.6 Å². The average molecular weight is 426 g/mol. The van der Waals surface area contributed by atoms with Crippen LogP contribution in [0.1, 0.15) is 23.9 Å². The molecule has 0 radical (unpaired) electrons. The molecule has 1 heterocycles. The summed E-state index contributed by atoms with van der Waals surface area (Å²) in [7, 11) is -3.44. The Morgan fingerprint density at radius 2 is 1.86 bits per heavy atom. The van der Waals surface area contributed by atoms with Gasteiger partial charge in [-0.1, -0.05) is 18.2 Å². The Morgan fingerprint density at radius 1 is 1.10 bits per heavy atom. The molecule has 2 aromatic carbocycles. The fourth-order valence-electron chi connectivity index (χ4n) is 2.73. The molecule has 0 spiro atoms. The molecule has 0 saturated heterocycles. The topological polar surface area (TPSA) is 97.8 Å². The monoisotopic (exact) mass is 426 g/mol. The van der Waals surface area contributed by atoms with Crippen molar-refractivity contribution in [2.75, 3.05) is 5.75 Å². The molecule has 0 saturated carbocycles. The summed E-state index contributed by atoms with van der Waals surface area (Å²) in [5.41, 5.74) is 0.267. The minimum absolute atomic E-state index is 0.0750. The average Bonchev–Trinajstić information content (AvgIpc) is 3.19. The molecule has 3 aromatic rings. The molecule has 0 amide bonds. The lowest BCUT2D eigenvalue weighted by atomic mass is 9.97. The SMILES string of the molecule is CCS(=O)(=O)c1ccc(-c2cc(C(F)(F)F)ccc2OCc2nn[nH]n2)c(C)c1. The van der Waals surface area contributed by atoms with Crippen LogP contribution in [0.15, 0.2) is 41.3 Å². The highest BCUT2D eigenvalue weighted by atomic mass is 32.2. The number of benzene rings is 2. The second-order valence-corrected chi connectivity index (χ2v) is 8.48. The van der Waals surface area contributed by atoms with E-state index in [9.17, 15) is 21.6 Å². The van der Waals surface area contributed by atoms with Crippen LogP contribution in [0.5, 0.6) is 5.75 Å². The van der Waals surface area contributed by atoms with Gasteiger partial charge in [0.1, 0.15) is 5.75 Å². The molecule has 7 nitrogen and oxygen atoms in total. The standard InChI is InChI=1S/C18H17F3N4O3S/c1-3-29(26,27)13-5-6-14(11(2)8-13)15-9-12(18(19,20)21)4-7-16(15)28-10-17-22-24-25-23-17/h4-9H,3,10H2,1-2H3,(H,22,23,24,25). The Hall–Kier alpha value is -2.95. The number of nitrogens with zero attached hydrogens (tertiary/aromatic N) is 3. The minimum Gasteiger partial charge on any atom is -0.485 e. The van der Waals surface area contributed by atoms with Gasteiger partial charge < -0.3 is 4.74 Å². The van der Waals surface area contributed by atoms with E-state index < -0.39 is 21.6 Å². The van der Waals surface area contributed by atoms with Gasteiger partial charge in [-0.2, -0.15) is 18.4 Å². The third-order valence-electron chi connectivity index (χ3n) is 4.28. The van der Waals surface area contributed by atoms with Gasteiger partial charge in [-0.25, -0.2) is 8.42 Å². The number of sulfone groups is 1. The molecule has 154 valence electrons. The van der Waals surface area contributed by atoms with Crippen LogP contribution >= 0.6 is 0 Å². The van der Waals surface area contributed by atoms with E-state index in [1.165, 1.54) is 31.2 Å². The number of hydrogen-bond donors (Lipinski definition) is 1. The van der Waals surface area contributed by atoms with Crippen molar-refractivity contribution in [3.63, 3.8) is 0 Å². The van der Waals surface area contributed by atoms with Crippen LogP contribution < -0.4 is 4.74 Å². The van der Waals surface area contributed by atoms with Gasteiger partial charge in [0.15, 0.2) is 16.4 Å². The predicted octanol–water partition coefficient (Wildman–Crippen LogP) is 3.57. The summed E-state index contributed by atoms with van der Waals surface area (Å²) < 4.78 is 69.5.